The maximum absolute atomic E-state index is 13.3. The molecule has 2 aromatic heterocycles. The van der Waals surface area contributed by atoms with Crippen LogP contribution >= 0.6 is 11.6 Å². The summed E-state index contributed by atoms with van der Waals surface area (Å²) in [6, 6.07) is 8.97. The Hall–Kier alpha value is -2.97. The molecule has 2 heterocycles. The summed E-state index contributed by atoms with van der Waals surface area (Å²) >= 11 is 5.73. The standard InChI is InChI=1S/C18H16ClFN4O3/c1-27-9-7-21-17(25)15-14-4-2-3-8-24(14)16(23-15)18(26)22-11-5-6-13(20)12(19)10-11/h2-6,8,10H,7,9H2,1H3,(H,21,25)(H,22,26). The summed E-state index contributed by atoms with van der Waals surface area (Å²) < 4.78 is 19.7. The van der Waals surface area contributed by atoms with Crippen LogP contribution in [0, 0.1) is 5.82 Å². The van der Waals surface area contributed by atoms with Gasteiger partial charge in [-0.1, -0.05) is 17.7 Å². The molecular formula is C18H16ClFN4O3. The van der Waals surface area contributed by atoms with Gasteiger partial charge in [0.05, 0.1) is 17.1 Å². The van der Waals surface area contributed by atoms with E-state index in [1.54, 1.807) is 24.4 Å². The molecule has 3 rings (SSSR count). The number of ether oxygens (including phenoxy) is 1. The van der Waals surface area contributed by atoms with Crippen molar-refractivity contribution < 1.29 is 18.7 Å². The zero-order chi connectivity index (χ0) is 19.4. The topological polar surface area (TPSA) is 84.7 Å². The third kappa shape index (κ3) is 4.07. The van der Waals surface area contributed by atoms with Crippen molar-refractivity contribution >= 4 is 34.6 Å². The minimum Gasteiger partial charge on any atom is -0.383 e. The molecule has 140 valence electrons. The number of nitrogens with zero attached hydrogens (tertiary/aromatic N) is 2. The van der Waals surface area contributed by atoms with Crippen LogP contribution in [0.5, 0.6) is 0 Å². The van der Waals surface area contributed by atoms with Gasteiger partial charge in [0.25, 0.3) is 11.8 Å². The van der Waals surface area contributed by atoms with E-state index in [0.29, 0.717) is 24.4 Å². The number of halogens is 2. The second-order valence-corrected chi connectivity index (χ2v) is 5.98. The van der Waals surface area contributed by atoms with E-state index in [9.17, 15) is 14.0 Å². The maximum Gasteiger partial charge on any atom is 0.292 e. The molecule has 0 aliphatic carbocycles. The Kier molecular flexibility index (Phi) is 5.68. The molecule has 0 saturated heterocycles. The van der Waals surface area contributed by atoms with E-state index in [2.05, 4.69) is 15.6 Å². The van der Waals surface area contributed by atoms with Gasteiger partial charge in [0, 0.05) is 25.5 Å². The van der Waals surface area contributed by atoms with Gasteiger partial charge in [0.15, 0.2) is 5.69 Å². The van der Waals surface area contributed by atoms with Gasteiger partial charge in [-0.2, -0.15) is 0 Å². The van der Waals surface area contributed by atoms with Crippen molar-refractivity contribution in [3.63, 3.8) is 0 Å². The van der Waals surface area contributed by atoms with E-state index < -0.39 is 17.6 Å². The quantitative estimate of drug-likeness (QED) is 0.634. The van der Waals surface area contributed by atoms with Gasteiger partial charge in [-0.3, -0.25) is 14.0 Å². The van der Waals surface area contributed by atoms with E-state index in [1.807, 2.05) is 0 Å². The Balaban J connectivity index is 1.90. The third-order valence-electron chi connectivity index (χ3n) is 3.74. The van der Waals surface area contributed by atoms with E-state index >= 15 is 0 Å². The van der Waals surface area contributed by atoms with Crippen molar-refractivity contribution in [2.45, 2.75) is 0 Å². The monoisotopic (exact) mass is 390 g/mol. The average Bonchev–Trinajstić information content (AvgIpc) is 3.05. The zero-order valence-electron chi connectivity index (χ0n) is 14.3. The van der Waals surface area contributed by atoms with Gasteiger partial charge in [-0.15, -0.1) is 0 Å². The highest BCUT2D eigenvalue weighted by molar-refractivity contribution is 6.31. The second kappa shape index (κ2) is 8.15. The normalized spacial score (nSPS) is 10.8. The Labute approximate surface area is 159 Å². The van der Waals surface area contributed by atoms with E-state index in [1.165, 1.54) is 23.6 Å². The van der Waals surface area contributed by atoms with Gasteiger partial charge < -0.3 is 15.4 Å². The summed E-state index contributed by atoms with van der Waals surface area (Å²) in [5.74, 6) is -1.55. The molecule has 0 radical (unpaired) electrons. The van der Waals surface area contributed by atoms with Crippen molar-refractivity contribution in [1.29, 1.82) is 0 Å². The lowest BCUT2D eigenvalue weighted by molar-refractivity contribution is 0.0934. The first-order valence-electron chi connectivity index (χ1n) is 8.02. The molecule has 0 spiro atoms. The van der Waals surface area contributed by atoms with Crippen molar-refractivity contribution in [3.8, 4) is 0 Å². The van der Waals surface area contributed by atoms with E-state index in [4.69, 9.17) is 16.3 Å². The molecule has 0 unspecified atom stereocenters. The van der Waals surface area contributed by atoms with Gasteiger partial charge in [-0.25, -0.2) is 9.37 Å². The van der Waals surface area contributed by atoms with Crippen molar-refractivity contribution in [1.82, 2.24) is 14.7 Å². The molecule has 1 aromatic carbocycles. The number of rotatable bonds is 6. The van der Waals surface area contributed by atoms with Gasteiger partial charge in [0.2, 0.25) is 5.82 Å². The lowest BCUT2D eigenvalue weighted by Crippen LogP contribution is -2.27. The molecule has 0 aliphatic heterocycles. The highest BCUT2D eigenvalue weighted by Gasteiger charge is 2.21. The number of carbonyl (C=O) groups is 2. The molecule has 0 bridgehead atoms. The molecule has 7 nitrogen and oxygen atoms in total. The number of benzene rings is 1. The number of aromatic nitrogens is 2. The van der Waals surface area contributed by atoms with Crippen LogP contribution in [-0.2, 0) is 4.74 Å². The third-order valence-corrected chi connectivity index (χ3v) is 4.03. The van der Waals surface area contributed by atoms with Crippen LogP contribution in [-0.4, -0.2) is 41.5 Å². The Morgan fingerprint density at radius 3 is 2.81 bits per heavy atom. The summed E-state index contributed by atoms with van der Waals surface area (Å²) in [7, 11) is 1.53. The van der Waals surface area contributed by atoms with E-state index in [0.717, 1.165) is 6.07 Å². The number of amides is 2. The van der Waals surface area contributed by atoms with Crippen LogP contribution in [0.4, 0.5) is 10.1 Å². The minimum atomic E-state index is -0.587. The molecule has 2 amide bonds. The van der Waals surface area contributed by atoms with Gasteiger partial charge >= 0.3 is 0 Å². The van der Waals surface area contributed by atoms with Crippen LogP contribution in [0.2, 0.25) is 5.02 Å². The number of anilines is 1. The van der Waals surface area contributed by atoms with Gasteiger partial charge in [-0.05, 0) is 30.3 Å². The summed E-state index contributed by atoms with van der Waals surface area (Å²) in [4.78, 5) is 29.2. The van der Waals surface area contributed by atoms with Crippen molar-refractivity contribution in [2.24, 2.45) is 0 Å². The minimum absolute atomic E-state index is 0.0166. The molecular weight excluding hydrogens is 375 g/mol. The molecule has 27 heavy (non-hydrogen) atoms. The molecule has 9 heteroatoms. The van der Waals surface area contributed by atoms with Crippen LogP contribution in [0.3, 0.4) is 0 Å². The lowest BCUT2D eigenvalue weighted by atomic mass is 10.3. The fraction of sp³-hybridized carbons (Fsp3) is 0.167. The summed E-state index contributed by atoms with van der Waals surface area (Å²) in [5, 5.41) is 5.16. The van der Waals surface area contributed by atoms with Crippen LogP contribution in [0.1, 0.15) is 21.1 Å². The lowest BCUT2D eigenvalue weighted by Gasteiger charge is -2.05. The number of hydrogen-bond donors (Lipinski definition) is 2. The number of fused-ring (bicyclic) bond motifs is 1. The summed E-state index contributed by atoms with van der Waals surface area (Å²) in [6.45, 7) is 0.674. The first-order chi connectivity index (χ1) is 13.0. The van der Waals surface area contributed by atoms with Gasteiger partial charge in [0.1, 0.15) is 5.82 Å². The van der Waals surface area contributed by atoms with Crippen LogP contribution in [0.25, 0.3) is 5.52 Å². The Morgan fingerprint density at radius 1 is 1.26 bits per heavy atom. The largest absolute Gasteiger partial charge is 0.383 e. The molecule has 0 saturated carbocycles. The number of carbonyl (C=O) groups excluding carboxylic acids is 2. The highest BCUT2D eigenvalue weighted by Crippen LogP contribution is 2.20. The number of hydrogen-bond acceptors (Lipinski definition) is 4. The molecule has 0 atom stereocenters. The highest BCUT2D eigenvalue weighted by atomic mass is 35.5. The van der Waals surface area contributed by atoms with Crippen LogP contribution < -0.4 is 10.6 Å². The van der Waals surface area contributed by atoms with E-state index in [-0.39, 0.29) is 16.5 Å². The number of pyridine rings is 1. The smallest absolute Gasteiger partial charge is 0.292 e. The molecule has 0 fully saturated rings. The number of imidazole rings is 1. The first-order valence-corrected chi connectivity index (χ1v) is 8.39. The number of methoxy groups -OCH3 is 1. The average molecular weight is 391 g/mol. The summed E-state index contributed by atoms with van der Waals surface area (Å²) in [5.41, 5.74) is 0.911. The fourth-order valence-corrected chi connectivity index (χ4v) is 2.66. The molecule has 0 aliphatic rings. The second-order valence-electron chi connectivity index (χ2n) is 5.57. The molecule has 3 aromatic rings. The predicted octanol–water partition coefficient (Wildman–Crippen LogP) is 2.76. The zero-order valence-corrected chi connectivity index (χ0v) is 15.1. The predicted molar refractivity (Wildman–Crippen MR) is 98.8 cm³/mol. The van der Waals surface area contributed by atoms with Crippen molar-refractivity contribution in [3.05, 3.63) is 65.0 Å². The van der Waals surface area contributed by atoms with Crippen molar-refractivity contribution in [2.75, 3.05) is 25.6 Å². The Bertz CT molecular complexity index is 1010. The Morgan fingerprint density at radius 2 is 2.07 bits per heavy atom. The SMILES string of the molecule is COCCNC(=O)c1nc(C(=O)Nc2ccc(F)c(Cl)c2)n2ccccc12. The summed E-state index contributed by atoms with van der Waals surface area (Å²) in [6.07, 6.45) is 1.63. The maximum atomic E-state index is 13.3. The first kappa shape index (κ1) is 18.8. The van der Waals surface area contributed by atoms with Crippen LogP contribution in [0.15, 0.2) is 42.6 Å². The fourth-order valence-electron chi connectivity index (χ4n) is 2.48. The molecule has 2 N–H and O–H groups in total. The number of nitrogens with one attached hydrogen (secondary N) is 2.